The van der Waals surface area contributed by atoms with Gasteiger partial charge in [-0.1, -0.05) is 18.2 Å². The number of amides is 1. The van der Waals surface area contributed by atoms with E-state index in [0.717, 1.165) is 16.0 Å². The van der Waals surface area contributed by atoms with Gasteiger partial charge in [-0.15, -0.1) is 11.3 Å². The lowest BCUT2D eigenvalue weighted by atomic mass is 10.1. The molecule has 1 N–H and O–H groups in total. The third-order valence-corrected chi connectivity index (χ3v) is 4.60. The van der Waals surface area contributed by atoms with Crippen LogP contribution in [0.2, 0.25) is 0 Å². The van der Waals surface area contributed by atoms with E-state index in [-0.39, 0.29) is 5.91 Å². The van der Waals surface area contributed by atoms with Crippen molar-refractivity contribution in [2.75, 3.05) is 11.9 Å². The minimum Gasteiger partial charge on any atom is -0.462 e. The quantitative estimate of drug-likeness (QED) is 0.864. The number of hydrogen-bond acceptors (Lipinski definition) is 4. The van der Waals surface area contributed by atoms with Gasteiger partial charge in [-0.25, -0.2) is 4.79 Å². The van der Waals surface area contributed by atoms with Gasteiger partial charge in [0.25, 0.3) is 5.91 Å². The van der Waals surface area contributed by atoms with Gasteiger partial charge in [0.2, 0.25) is 0 Å². The molecular weight excluding hydrogens is 298 g/mol. The van der Waals surface area contributed by atoms with Gasteiger partial charge in [0.15, 0.2) is 0 Å². The molecule has 4 nitrogen and oxygen atoms in total. The third kappa shape index (κ3) is 3.20. The van der Waals surface area contributed by atoms with Crippen molar-refractivity contribution in [2.24, 2.45) is 0 Å². The molecule has 0 spiro atoms. The van der Waals surface area contributed by atoms with Crippen LogP contribution in [0.15, 0.2) is 24.3 Å². The molecule has 0 unspecified atom stereocenters. The SMILES string of the molecule is CCOC(=O)c1c(NC(=O)c2ccccc2C)sc(C)c1C. The zero-order valence-electron chi connectivity index (χ0n) is 13.1. The molecule has 1 amide bonds. The predicted molar refractivity (Wildman–Crippen MR) is 88.9 cm³/mol. The van der Waals surface area contributed by atoms with Crippen LogP contribution in [0.3, 0.4) is 0 Å². The number of rotatable bonds is 4. The summed E-state index contributed by atoms with van der Waals surface area (Å²) in [7, 11) is 0. The molecule has 5 heteroatoms. The maximum Gasteiger partial charge on any atom is 0.341 e. The van der Waals surface area contributed by atoms with Crippen LogP contribution in [0.1, 0.15) is 43.6 Å². The van der Waals surface area contributed by atoms with Crippen molar-refractivity contribution in [1.29, 1.82) is 0 Å². The van der Waals surface area contributed by atoms with Gasteiger partial charge >= 0.3 is 5.97 Å². The Morgan fingerprint density at radius 3 is 2.50 bits per heavy atom. The van der Waals surface area contributed by atoms with Crippen LogP contribution >= 0.6 is 11.3 Å². The molecule has 0 saturated heterocycles. The van der Waals surface area contributed by atoms with E-state index in [2.05, 4.69) is 5.32 Å². The first kappa shape index (κ1) is 16.2. The van der Waals surface area contributed by atoms with E-state index < -0.39 is 5.97 Å². The molecule has 0 aliphatic heterocycles. The summed E-state index contributed by atoms with van der Waals surface area (Å²) in [5, 5.41) is 3.39. The monoisotopic (exact) mass is 317 g/mol. The number of ether oxygens (including phenoxy) is 1. The smallest absolute Gasteiger partial charge is 0.341 e. The molecule has 1 aromatic heterocycles. The van der Waals surface area contributed by atoms with E-state index in [1.165, 1.54) is 11.3 Å². The molecule has 1 heterocycles. The highest BCUT2D eigenvalue weighted by Crippen LogP contribution is 2.33. The molecule has 116 valence electrons. The summed E-state index contributed by atoms with van der Waals surface area (Å²) < 4.78 is 5.09. The second-order valence-corrected chi connectivity index (χ2v) is 6.20. The van der Waals surface area contributed by atoms with Crippen LogP contribution in [-0.4, -0.2) is 18.5 Å². The molecular formula is C17H19NO3S. The topological polar surface area (TPSA) is 55.4 Å². The van der Waals surface area contributed by atoms with E-state index >= 15 is 0 Å². The van der Waals surface area contributed by atoms with Crippen molar-refractivity contribution in [1.82, 2.24) is 0 Å². The Morgan fingerprint density at radius 1 is 1.18 bits per heavy atom. The average molecular weight is 317 g/mol. The Bertz CT molecular complexity index is 719. The first-order valence-electron chi connectivity index (χ1n) is 7.09. The van der Waals surface area contributed by atoms with Crippen LogP contribution in [0, 0.1) is 20.8 Å². The van der Waals surface area contributed by atoms with Gasteiger partial charge in [-0.2, -0.15) is 0 Å². The molecule has 22 heavy (non-hydrogen) atoms. The standard InChI is InChI=1S/C17H19NO3S/c1-5-21-17(20)14-11(3)12(4)22-16(14)18-15(19)13-9-7-6-8-10(13)2/h6-9H,5H2,1-4H3,(H,18,19). The first-order valence-corrected chi connectivity index (χ1v) is 7.91. The van der Waals surface area contributed by atoms with Gasteiger partial charge in [-0.3, -0.25) is 4.79 Å². The maximum absolute atomic E-state index is 12.4. The molecule has 0 atom stereocenters. The number of carbonyl (C=O) groups is 2. The largest absolute Gasteiger partial charge is 0.462 e. The third-order valence-electron chi connectivity index (χ3n) is 3.48. The Kier molecular flexibility index (Phi) is 4.98. The highest BCUT2D eigenvalue weighted by Gasteiger charge is 2.22. The van der Waals surface area contributed by atoms with Crippen LogP contribution in [-0.2, 0) is 4.74 Å². The summed E-state index contributed by atoms with van der Waals surface area (Å²) >= 11 is 1.39. The van der Waals surface area contributed by atoms with Crippen molar-refractivity contribution in [3.63, 3.8) is 0 Å². The minimum absolute atomic E-state index is 0.218. The average Bonchev–Trinajstić information content (AvgIpc) is 2.74. The fourth-order valence-corrected chi connectivity index (χ4v) is 3.21. The summed E-state index contributed by atoms with van der Waals surface area (Å²) in [6, 6.07) is 7.35. The molecule has 0 saturated carbocycles. The summed E-state index contributed by atoms with van der Waals surface area (Å²) in [5.74, 6) is -0.616. The Hall–Kier alpha value is -2.14. The van der Waals surface area contributed by atoms with Crippen molar-refractivity contribution >= 4 is 28.2 Å². The number of esters is 1. The fraction of sp³-hybridized carbons (Fsp3) is 0.294. The number of anilines is 1. The van der Waals surface area contributed by atoms with Crippen molar-refractivity contribution in [3.05, 3.63) is 51.4 Å². The van der Waals surface area contributed by atoms with E-state index in [1.807, 2.05) is 39.0 Å². The van der Waals surface area contributed by atoms with Gasteiger partial charge in [0, 0.05) is 10.4 Å². The molecule has 1 aromatic carbocycles. The first-order chi connectivity index (χ1) is 10.5. The second kappa shape index (κ2) is 6.75. The van der Waals surface area contributed by atoms with Crippen LogP contribution in [0.4, 0.5) is 5.00 Å². The summed E-state index contributed by atoms with van der Waals surface area (Å²) in [4.78, 5) is 25.5. The van der Waals surface area contributed by atoms with E-state index in [9.17, 15) is 9.59 Å². The van der Waals surface area contributed by atoms with Crippen LogP contribution < -0.4 is 5.32 Å². The number of thiophene rings is 1. The molecule has 0 aliphatic rings. The zero-order valence-corrected chi connectivity index (χ0v) is 14.0. The predicted octanol–water partition coefficient (Wildman–Crippen LogP) is 4.10. The van der Waals surface area contributed by atoms with Crippen molar-refractivity contribution < 1.29 is 14.3 Å². The van der Waals surface area contributed by atoms with Crippen molar-refractivity contribution in [3.8, 4) is 0 Å². The van der Waals surface area contributed by atoms with Gasteiger partial charge in [-0.05, 0) is 44.9 Å². The number of benzene rings is 1. The summed E-state index contributed by atoms with van der Waals surface area (Å²) in [6.07, 6.45) is 0. The van der Waals surface area contributed by atoms with E-state index in [1.54, 1.807) is 13.0 Å². The lowest BCUT2D eigenvalue weighted by Crippen LogP contribution is -2.15. The van der Waals surface area contributed by atoms with Gasteiger partial charge in [0.1, 0.15) is 5.00 Å². The molecule has 2 aromatic rings. The normalized spacial score (nSPS) is 10.4. The second-order valence-electron chi connectivity index (χ2n) is 4.98. The van der Waals surface area contributed by atoms with Crippen LogP contribution in [0.5, 0.6) is 0 Å². The number of aryl methyl sites for hydroxylation is 2. The van der Waals surface area contributed by atoms with Gasteiger partial charge < -0.3 is 10.1 Å². The molecule has 0 aliphatic carbocycles. The van der Waals surface area contributed by atoms with E-state index in [0.29, 0.717) is 22.7 Å². The zero-order chi connectivity index (χ0) is 16.3. The number of nitrogens with one attached hydrogen (secondary N) is 1. The van der Waals surface area contributed by atoms with Crippen molar-refractivity contribution in [2.45, 2.75) is 27.7 Å². The molecule has 0 bridgehead atoms. The lowest BCUT2D eigenvalue weighted by molar-refractivity contribution is 0.0527. The number of carbonyl (C=O) groups excluding carboxylic acids is 2. The van der Waals surface area contributed by atoms with Crippen LogP contribution in [0.25, 0.3) is 0 Å². The highest BCUT2D eigenvalue weighted by molar-refractivity contribution is 7.16. The van der Waals surface area contributed by atoms with Gasteiger partial charge in [0.05, 0.1) is 12.2 Å². The Balaban J connectivity index is 2.34. The number of hydrogen-bond donors (Lipinski definition) is 1. The maximum atomic E-state index is 12.4. The summed E-state index contributed by atoms with van der Waals surface area (Å²) in [6.45, 7) is 7.73. The summed E-state index contributed by atoms with van der Waals surface area (Å²) in [5.41, 5.74) is 2.79. The lowest BCUT2D eigenvalue weighted by Gasteiger charge is -2.08. The highest BCUT2D eigenvalue weighted by atomic mass is 32.1. The minimum atomic E-state index is -0.399. The molecule has 2 rings (SSSR count). The molecule has 0 fully saturated rings. The Labute approximate surface area is 134 Å². The molecule has 0 radical (unpaired) electrons. The van der Waals surface area contributed by atoms with E-state index in [4.69, 9.17) is 4.74 Å². The fourth-order valence-electron chi connectivity index (χ4n) is 2.16. The Morgan fingerprint density at radius 2 is 1.86 bits per heavy atom.